The van der Waals surface area contributed by atoms with E-state index >= 15 is 0 Å². The summed E-state index contributed by atoms with van der Waals surface area (Å²) >= 11 is 0. The third-order valence-electron chi connectivity index (χ3n) is 3.72. The Morgan fingerprint density at radius 1 is 1.05 bits per heavy atom. The minimum absolute atomic E-state index is 0.436. The van der Waals surface area contributed by atoms with Crippen LogP contribution in [0.15, 0.2) is 48.7 Å². The van der Waals surface area contributed by atoms with Crippen molar-refractivity contribution in [3.8, 4) is 16.9 Å². The number of aryl methyl sites for hydroxylation is 1. The lowest BCUT2D eigenvalue weighted by Crippen LogP contribution is -2.01. The van der Waals surface area contributed by atoms with Crippen LogP contribution in [0.1, 0.15) is 11.3 Å². The molecule has 0 amide bonds. The highest BCUT2D eigenvalue weighted by Gasteiger charge is 2.12. The van der Waals surface area contributed by atoms with E-state index in [9.17, 15) is 0 Å². The first-order valence-corrected chi connectivity index (χ1v) is 6.96. The lowest BCUT2D eigenvalue weighted by atomic mass is 9.97. The SMILES string of the molecule is COc1ccccc1-c1cnc(CN)c2ccc(C)cc12. The molecule has 0 bridgehead atoms. The van der Waals surface area contributed by atoms with Crippen LogP contribution in [-0.2, 0) is 6.54 Å². The summed E-state index contributed by atoms with van der Waals surface area (Å²) in [5, 5.41) is 2.27. The number of fused-ring (bicyclic) bond motifs is 1. The van der Waals surface area contributed by atoms with Gasteiger partial charge in [-0.05, 0) is 18.4 Å². The van der Waals surface area contributed by atoms with Gasteiger partial charge in [-0.2, -0.15) is 0 Å². The Bertz CT molecular complexity index is 796. The Morgan fingerprint density at radius 2 is 1.86 bits per heavy atom. The number of hydrogen-bond acceptors (Lipinski definition) is 3. The number of ether oxygens (including phenoxy) is 1. The quantitative estimate of drug-likeness (QED) is 0.795. The molecule has 2 N–H and O–H groups in total. The molecule has 0 radical (unpaired) electrons. The van der Waals surface area contributed by atoms with Gasteiger partial charge in [0.25, 0.3) is 0 Å². The Balaban J connectivity index is 2.35. The lowest BCUT2D eigenvalue weighted by molar-refractivity contribution is 0.416. The summed E-state index contributed by atoms with van der Waals surface area (Å²) in [6, 6.07) is 14.4. The highest BCUT2D eigenvalue weighted by Crippen LogP contribution is 2.35. The molecule has 3 heteroatoms. The van der Waals surface area contributed by atoms with E-state index in [1.165, 1.54) is 5.56 Å². The second kappa shape index (κ2) is 5.54. The second-order valence-electron chi connectivity index (χ2n) is 5.07. The zero-order valence-corrected chi connectivity index (χ0v) is 12.3. The molecule has 3 rings (SSSR count). The fourth-order valence-electron chi connectivity index (χ4n) is 2.66. The van der Waals surface area contributed by atoms with Gasteiger partial charge in [0.15, 0.2) is 0 Å². The van der Waals surface area contributed by atoms with Gasteiger partial charge < -0.3 is 10.5 Å². The molecule has 0 atom stereocenters. The summed E-state index contributed by atoms with van der Waals surface area (Å²) < 4.78 is 5.48. The highest BCUT2D eigenvalue weighted by atomic mass is 16.5. The van der Waals surface area contributed by atoms with Crippen LogP contribution >= 0.6 is 0 Å². The Hall–Kier alpha value is -2.39. The van der Waals surface area contributed by atoms with Crippen molar-refractivity contribution in [3.05, 3.63) is 59.9 Å². The van der Waals surface area contributed by atoms with Gasteiger partial charge in [0.2, 0.25) is 0 Å². The fraction of sp³-hybridized carbons (Fsp3) is 0.167. The molecule has 0 saturated carbocycles. The third-order valence-corrected chi connectivity index (χ3v) is 3.72. The Labute approximate surface area is 124 Å². The van der Waals surface area contributed by atoms with Crippen molar-refractivity contribution in [3.63, 3.8) is 0 Å². The number of pyridine rings is 1. The molecule has 1 aromatic heterocycles. The predicted octanol–water partition coefficient (Wildman–Crippen LogP) is 3.68. The monoisotopic (exact) mass is 278 g/mol. The molecule has 0 aliphatic carbocycles. The number of nitrogens with two attached hydrogens (primary N) is 1. The average Bonchev–Trinajstić information content (AvgIpc) is 2.53. The number of methoxy groups -OCH3 is 1. The number of nitrogens with zero attached hydrogens (tertiary/aromatic N) is 1. The number of benzene rings is 2. The summed E-state index contributed by atoms with van der Waals surface area (Å²) in [6.07, 6.45) is 1.89. The van der Waals surface area contributed by atoms with Crippen LogP contribution in [-0.4, -0.2) is 12.1 Å². The molecule has 1 heterocycles. The molecule has 3 aromatic rings. The van der Waals surface area contributed by atoms with Gasteiger partial charge in [0.1, 0.15) is 5.75 Å². The van der Waals surface area contributed by atoms with Crippen LogP contribution in [0.3, 0.4) is 0 Å². The van der Waals surface area contributed by atoms with Crippen molar-refractivity contribution in [1.82, 2.24) is 4.98 Å². The number of hydrogen-bond donors (Lipinski definition) is 1. The molecule has 0 aliphatic heterocycles. The van der Waals surface area contributed by atoms with Gasteiger partial charge in [-0.25, -0.2) is 0 Å². The van der Waals surface area contributed by atoms with Crippen molar-refractivity contribution in [2.24, 2.45) is 5.73 Å². The zero-order chi connectivity index (χ0) is 14.8. The van der Waals surface area contributed by atoms with Crippen molar-refractivity contribution in [2.75, 3.05) is 7.11 Å². The summed E-state index contributed by atoms with van der Waals surface area (Å²) in [7, 11) is 1.69. The molecule has 0 spiro atoms. The van der Waals surface area contributed by atoms with Crippen molar-refractivity contribution in [2.45, 2.75) is 13.5 Å². The van der Waals surface area contributed by atoms with Crippen LogP contribution in [0, 0.1) is 6.92 Å². The summed E-state index contributed by atoms with van der Waals surface area (Å²) in [5.41, 5.74) is 10.1. The topological polar surface area (TPSA) is 48.1 Å². The van der Waals surface area contributed by atoms with E-state index in [0.717, 1.165) is 33.3 Å². The molecule has 21 heavy (non-hydrogen) atoms. The molecule has 106 valence electrons. The zero-order valence-electron chi connectivity index (χ0n) is 12.3. The molecule has 0 unspecified atom stereocenters. The van der Waals surface area contributed by atoms with E-state index < -0.39 is 0 Å². The van der Waals surface area contributed by atoms with Gasteiger partial charge in [0, 0.05) is 29.3 Å². The fourth-order valence-corrected chi connectivity index (χ4v) is 2.66. The van der Waals surface area contributed by atoms with Crippen LogP contribution in [0.25, 0.3) is 21.9 Å². The summed E-state index contributed by atoms with van der Waals surface area (Å²) in [5.74, 6) is 0.850. The van der Waals surface area contributed by atoms with Crippen molar-refractivity contribution in [1.29, 1.82) is 0 Å². The first-order valence-electron chi connectivity index (χ1n) is 6.96. The van der Waals surface area contributed by atoms with E-state index in [1.54, 1.807) is 7.11 Å². The first-order chi connectivity index (χ1) is 10.2. The van der Waals surface area contributed by atoms with Gasteiger partial charge in [-0.3, -0.25) is 4.98 Å². The maximum absolute atomic E-state index is 5.81. The molecule has 0 aliphatic rings. The predicted molar refractivity (Wildman–Crippen MR) is 86.4 cm³/mol. The third kappa shape index (κ3) is 2.36. The van der Waals surface area contributed by atoms with Gasteiger partial charge in [-0.1, -0.05) is 42.0 Å². The number of para-hydroxylation sites is 1. The number of aromatic nitrogens is 1. The Kier molecular flexibility index (Phi) is 3.59. The smallest absolute Gasteiger partial charge is 0.126 e. The van der Waals surface area contributed by atoms with E-state index in [4.69, 9.17) is 10.5 Å². The molecule has 0 fully saturated rings. The maximum atomic E-state index is 5.81. The van der Waals surface area contributed by atoms with Gasteiger partial charge in [0.05, 0.1) is 12.8 Å². The molecular weight excluding hydrogens is 260 g/mol. The normalized spacial score (nSPS) is 10.8. The van der Waals surface area contributed by atoms with E-state index in [1.807, 2.05) is 24.4 Å². The highest BCUT2D eigenvalue weighted by molar-refractivity contribution is 5.99. The van der Waals surface area contributed by atoms with Crippen LogP contribution in [0.2, 0.25) is 0 Å². The molecule has 0 saturated heterocycles. The van der Waals surface area contributed by atoms with Crippen molar-refractivity contribution < 1.29 is 4.74 Å². The van der Waals surface area contributed by atoms with Crippen LogP contribution in [0.5, 0.6) is 5.75 Å². The first kappa shape index (κ1) is 13.6. The summed E-state index contributed by atoms with van der Waals surface area (Å²) in [6.45, 7) is 2.53. The standard InChI is InChI=1S/C18H18N2O/c1-12-7-8-13-15(9-12)16(11-20-17(13)10-19)14-5-3-4-6-18(14)21-2/h3-9,11H,10,19H2,1-2H3. The molecule has 2 aromatic carbocycles. The van der Waals surface area contributed by atoms with Crippen LogP contribution in [0.4, 0.5) is 0 Å². The lowest BCUT2D eigenvalue weighted by Gasteiger charge is -2.13. The largest absolute Gasteiger partial charge is 0.496 e. The van der Waals surface area contributed by atoms with Gasteiger partial charge in [-0.15, -0.1) is 0 Å². The average molecular weight is 278 g/mol. The summed E-state index contributed by atoms with van der Waals surface area (Å²) in [4.78, 5) is 4.53. The van der Waals surface area contributed by atoms with E-state index in [-0.39, 0.29) is 0 Å². The molecule has 3 nitrogen and oxygen atoms in total. The van der Waals surface area contributed by atoms with Crippen molar-refractivity contribution >= 4 is 10.8 Å². The Morgan fingerprint density at radius 3 is 2.62 bits per heavy atom. The van der Waals surface area contributed by atoms with Crippen LogP contribution < -0.4 is 10.5 Å². The van der Waals surface area contributed by atoms with E-state index in [0.29, 0.717) is 6.54 Å². The second-order valence-corrected chi connectivity index (χ2v) is 5.07. The minimum atomic E-state index is 0.436. The number of rotatable bonds is 3. The minimum Gasteiger partial charge on any atom is -0.496 e. The maximum Gasteiger partial charge on any atom is 0.126 e. The van der Waals surface area contributed by atoms with Gasteiger partial charge >= 0.3 is 0 Å². The van der Waals surface area contributed by atoms with E-state index in [2.05, 4.69) is 36.2 Å². The molecular formula is C18H18N2O.